The summed E-state index contributed by atoms with van der Waals surface area (Å²) < 4.78 is 0. The second-order valence-corrected chi connectivity index (χ2v) is 6.29. The Labute approximate surface area is 129 Å². The number of nitrogens with zero attached hydrogens (tertiary/aromatic N) is 1. The molecule has 0 spiro atoms. The van der Waals surface area contributed by atoms with Gasteiger partial charge in [0, 0.05) is 19.2 Å². The molecule has 2 aliphatic rings. The number of unbranched alkanes of at least 4 members (excludes halogenated alkanes) is 1. The van der Waals surface area contributed by atoms with Crippen molar-refractivity contribution in [3.8, 4) is 0 Å². The van der Waals surface area contributed by atoms with Crippen LogP contribution in [0.15, 0.2) is 33.6 Å². The van der Waals surface area contributed by atoms with Crippen molar-refractivity contribution < 1.29 is 4.79 Å². The Kier molecular flexibility index (Phi) is 4.84. The zero-order chi connectivity index (χ0) is 15.6. The fraction of sp³-hybridized carbons (Fsp3) is 0.500. The SMILES string of the molecule is CCCCNC1=CC(C)=C2C(NN)=C(C(N)=O)SC2N1C. The summed E-state index contributed by atoms with van der Waals surface area (Å²) in [7, 11) is 2.01. The highest BCUT2D eigenvalue weighted by atomic mass is 32.2. The maximum atomic E-state index is 11.6. The Balaban J connectivity index is 2.31. The maximum absolute atomic E-state index is 11.6. The third-order valence-electron chi connectivity index (χ3n) is 3.69. The van der Waals surface area contributed by atoms with E-state index in [-0.39, 0.29) is 5.37 Å². The van der Waals surface area contributed by atoms with Crippen molar-refractivity contribution in [1.82, 2.24) is 15.6 Å². The summed E-state index contributed by atoms with van der Waals surface area (Å²) in [5.74, 6) is 6.20. The number of fused-ring (bicyclic) bond motifs is 1. The fourth-order valence-electron chi connectivity index (χ4n) is 2.54. The van der Waals surface area contributed by atoms with Crippen LogP contribution in [0.3, 0.4) is 0 Å². The van der Waals surface area contributed by atoms with Crippen molar-refractivity contribution in [2.45, 2.75) is 32.1 Å². The van der Waals surface area contributed by atoms with E-state index >= 15 is 0 Å². The molecule has 0 aromatic rings. The minimum absolute atomic E-state index is 0.0210. The van der Waals surface area contributed by atoms with Crippen LogP contribution in [0.4, 0.5) is 0 Å². The van der Waals surface area contributed by atoms with E-state index in [9.17, 15) is 4.79 Å². The monoisotopic (exact) mass is 309 g/mol. The van der Waals surface area contributed by atoms with Crippen LogP contribution < -0.4 is 22.3 Å². The molecule has 0 aromatic carbocycles. The van der Waals surface area contributed by atoms with Gasteiger partial charge in [0.2, 0.25) is 0 Å². The molecule has 1 amide bonds. The van der Waals surface area contributed by atoms with Crippen molar-refractivity contribution in [2.24, 2.45) is 11.6 Å². The van der Waals surface area contributed by atoms with Gasteiger partial charge in [-0.3, -0.25) is 10.6 Å². The molecule has 1 unspecified atom stereocenters. The van der Waals surface area contributed by atoms with Gasteiger partial charge < -0.3 is 21.4 Å². The third-order valence-corrected chi connectivity index (χ3v) is 5.10. The number of nitrogens with one attached hydrogen (secondary N) is 2. The molecule has 0 saturated heterocycles. The Morgan fingerprint density at radius 1 is 1.52 bits per heavy atom. The van der Waals surface area contributed by atoms with Crippen LogP contribution in [0.1, 0.15) is 26.7 Å². The van der Waals surface area contributed by atoms with Crippen LogP contribution in [0.5, 0.6) is 0 Å². The number of rotatable bonds is 6. The highest BCUT2D eigenvalue weighted by Crippen LogP contribution is 2.45. The number of hydrogen-bond donors (Lipinski definition) is 4. The molecule has 2 aliphatic heterocycles. The number of hydrazine groups is 1. The summed E-state index contributed by atoms with van der Waals surface area (Å²) in [6.07, 6.45) is 4.36. The topological polar surface area (TPSA) is 96.4 Å². The van der Waals surface area contributed by atoms with Crippen molar-refractivity contribution in [1.29, 1.82) is 0 Å². The number of thioether (sulfide) groups is 1. The van der Waals surface area contributed by atoms with E-state index in [1.807, 2.05) is 14.0 Å². The first-order valence-electron chi connectivity index (χ1n) is 7.08. The average molecular weight is 309 g/mol. The molecule has 6 N–H and O–H groups in total. The number of amides is 1. The molecular formula is C14H23N5OS. The van der Waals surface area contributed by atoms with Crippen molar-refractivity contribution in [2.75, 3.05) is 13.6 Å². The molecule has 0 bridgehead atoms. The van der Waals surface area contributed by atoms with Crippen LogP contribution in [0, 0.1) is 0 Å². The van der Waals surface area contributed by atoms with E-state index in [1.165, 1.54) is 11.8 Å². The number of hydrogen-bond acceptors (Lipinski definition) is 6. The van der Waals surface area contributed by atoms with E-state index in [4.69, 9.17) is 11.6 Å². The zero-order valence-corrected chi connectivity index (χ0v) is 13.5. The van der Waals surface area contributed by atoms with Gasteiger partial charge >= 0.3 is 0 Å². The lowest BCUT2D eigenvalue weighted by Crippen LogP contribution is -2.39. The van der Waals surface area contributed by atoms with E-state index in [2.05, 4.69) is 28.6 Å². The van der Waals surface area contributed by atoms with E-state index in [0.717, 1.165) is 36.4 Å². The van der Waals surface area contributed by atoms with Crippen molar-refractivity contribution >= 4 is 17.7 Å². The number of primary amides is 1. The molecule has 0 aliphatic carbocycles. The molecule has 0 aromatic heterocycles. The number of likely N-dealkylation sites (N-methyl/N-ethyl adjacent to an activating group) is 1. The second kappa shape index (κ2) is 6.44. The van der Waals surface area contributed by atoms with Crippen LogP contribution in [0.2, 0.25) is 0 Å². The lowest BCUT2D eigenvalue weighted by atomic mass is 10.0. The van der Waals surface area contributed by atoms with Crippen molar-refractivity contribution in [3.63, 3.8) is 0 Å². The van der Waals surface area contributed by atoms with Crippen LogP contribution in [-0.4, -0.2) is 29.8 Å². The highest BCUT2D eigenvalue weighted by molar-refractivity contribution is 8.05. The predicted molar refractivity (Wildman–Crippen MR) is 86.4 cm³/mol. The minimum atomic E-state index is -0.448. The Morgan fingerprint density at radius 2 is 2.24 bits per heavy atom. The summed E-state index contributed by atoms with van der Waals surface area (Å²) in [4.78, 5) is 14.2. The van der Waals surface area contributed by atoms with Gasteiger partial charge in [0.25, 0.3) is 5.91 Å². The third kappa shape index (κ3) is 2.89. The minimum Gasteiger partial charge on any atom is -0.372 e. The largest absolute Gasteiger partial charge is 0.372 e. The normalized spacial score (nSPS) is 21.4. The number of carbonyl (C=O) groups excluding carboxylic acids is 1. The number of carbonyl (C=O) groups is 1. The molecule has 0 saturated carbocycles. The molecule has 21 heavy (non-hydrogen) atoms. The number of nitrogens with two attached hydrogens (primary N) is 2. The van der Waals surface area contributed by atoms with Gasteiger partial charge in [-0.1, -0.05) is 25.1 Å². The molecule has 2 rings (SSSR count). The second-order valence-electron chi connectivity index (χ2n) is 5.20. The van der Waals surface area contributed by atoms with Gasteiger partial charge in [0.1, 0.15) is 11.2 Å². The molecule has 2 heterocycles. The molecule has 7 heteroatoms. The first-order chi connectivity index (χ1) is 10.0. The molecule has 1 atom stereocenters. The van der Waals surface area contributed by atoms with E-state index < -0.39 is 5.91 Å². The molecule has 0 radical (unpaired) electrons. The lowest BCUT2D eigenvalue weighted by Gasteiger charge is -2.34. The van der Waals surface area contributed by atoms with E-state index in [1.54, 1.807) is 0 Å². The van der Waals surface area contributed by atoms with Crippen LogP contribution in [-0.2, 0) is 4.79 Å². The van der Waals surface area contributed by atoms with Crippen LogP contribution in [0.25, 0.3) is 0 Å². The smallest absolute Gasteiger partial charge is 0.257 e. The zero-order valence-electron chi connectivity index (χ0n) is 12.7. The molecule has 116 valence electrons. The fourth-order valence-corrected chi connectivity index (χ4v) is 3.86. The maximum Gasteiger partial charge on any atom is 0.257 e. The van der Waals surface area contributed by atoms with Gasteiger partial charge in [-0.25, -0.2) is 0 Å². The Hall–Kier alpha value is -1.60. The average Bonchev–Trinajstić information content (AvgIpc) is 2.84. The molecule has 0 fully saturated rings. The van der Waals surface area contributed by atoms with Gasteiger partial charge in [-0.05, 0) is 25.0 Å². The summed E-state index contributed by atoms with van der Waals surface area (Å²) in [5.41, 5.74) is 10.9. The Bertz CT molecular complexity index is 537. The van der Waals surface area contributed by atoms with Gasteiger partial charge in [0.15, 0.2) is 0 Å². The van der Waals surface area contributed by atoms with Gasteiger partial charge in [-0.2, -0.15) is 0 Å². The standard InChI is InChI=1S/C14H23N5OS/c1-4-5-6-17-9-7-8(2)10-11(18-16)12(13(15)20)21-14(10)19(9)3/h7,14,17-18H,4-6,16H2,1-3H3,(H2,15,20). The summed E-state index contributed by atoms with van der Waals surface area (Å²) in [6.45, 7) is 5.13. The first-order valence-corrected chi connectivity index (χ1v) is 7.96. The predicted octanol–water partition coefficient (Wildman–Crippen LogP) is 0.713. The van der Waals surface area contributed by atoms with Crippen molar-refractivity contribution in [3.05, 3.63) is 33.6 Å². The van der Waals surface area contributed by atoms with Gasteiger partial charge in [-0.15, -0.1) is 0 Å². The molecule has 6 nitrogen and oxygen atoms in total. The van der Waals surface area contributed by atoms with E-state index in [0.29, 0.717) is 10.6 Å². The summed E-state index contributed by atoms with van der Waals surface area (Å²) in [5, 5.41) is 3.47. The summed E-state index contributed by atoms with van der Waals surface area (Å²) >= 11 is 1.44. The Morgan fingerprint density at radius 3 is 2.81 bits per heavy atom. The summed E-state index contributed by atoms with van der Waals surface area (Å²) in [6, 6.07) is 0. The highest BCUT2D eigenvalue weighted by Gasteiger charge is 2.39. The number of allylic oxidation sites excluding steroid dienone is 2. The lowest BCUT2D eigenvalue weighted by molar-refractivity contribution is -0.113. The first kappa shape index (κ1) is 15.8. The van der Waals surface area contributed by atoms with Gasteiger partial charge in [0.05, 0.1) is 10.6 Å². The molecular weight excluding hydrogens is 286 g/mol. The van der Waals surface area contributed by atoms with Crippen LogP contribution >= 0.6 is 11.8 Å². The quantitative estimate of drug-likeness (QED) is 0.328.